The number of benzene rings is 3. The molecule has 0 aliphatic carbocycles. The molecular weight excluding hydrogens is 297 g/mol. The normalized spacial score (nSPS) is 11.7. The number of nitrogens with zero attached hydrogens (tertiary/aromatic N) is 1. The predicted molar refractivity (Wildman–Crippen MR) is 102 cm³/mol. The molecule has 0 N–H and O–H groups in total. The van der Waals surface area contributed by atoms with E-state index in [9.17, 15) is 0 Å². The number of rotatable bonds is 1. The minimum absolute atomic E-state index is 0.800. The zero-order valence-electron chi connectivity index (χ0n) is 12.4. The predicted octanol–water partition coefficient (Wildman–Crippen LogP) is 4.79. The molecule has 0 unspecified atom stereocenters. The van der Waals surface area contributed by atoms with Crippen LogP contribution in [0.2, 0.25) is 0 Å². The van der Waals surface area contributed by atoms with Crippen LogP contribution in [0, 0.1) is 0 Å². The summed E-state index contributed by atoms with van der Waals surface area (Å²) in [5.74, 6) is 0. The molecule has 1 nitrogen and oxygen atoms in total. The molecule has 0 bridgehead atoms. The molecule has 0 spiro atoms. The molecular formula is C20H12BNS. The molecule has 0 saturated heterocycles. The third-order valence-electron chi connectivity index (χ3n) is 4.35. The lowest BCUT2D eigenvalue weighted by Crippen LogP contribution is -2.00. The molecule has 3 aromatic carbocycles. The first-order valence-corrected chi connectivity index (χ1v) is 8.39. The molecule has 0 atom stereocenters. The van der Waals surface area contributed by atoms with Crippen LogP contribution in [0.25, 0.3) is 36.8 Å². The van der Waals surface area contributed by atoms with Crippen LogP contribution in [-0.2, 0) is 0 Å². The number of aromatic nitrogens is 1. The molecule has 0 aliphatic heterocycles. The second-order valence-corrected chi connectivity index (χ2v) is 6.87. The Kier molecular flexibility index (Phi) is 2.67. The van der Waals surface area contributed by atoms with E-state index in [2.05, 4.69) is 65.4 Å². The topological polar surface area (TPSA) is 4.93 Å². The van der Waals surface area contributed by atoms with Crippen molar-refractivity contribution in [3.05, 3.63) is 72.9 Å². The van der Waals surface area contributed by atoms with Crippen molar-refractivity contribution < 1.29 is 0 Å². The Morgan fingerprint density at radius 1 is 0.783 bits per heavy atom. The second kappa shape index (κ2) is 4.74. The Morgan fingerprint density at radius 2 is 1.65 bits per heavy atom. The first kappa shape index (κ1) is 13.0. The average molecular weight is 309 g/mol. The molecule has 0 aliphatic rings. The van der Waals surface area contributed by atoms with Crippen molar-refractivity contribution in [2.75, 3.05) is 0 Å². The summed E-state index contributed by atoms with van der Waals surface area (Å²) >= 11 is 1.85. The Hall–Kier alpha value is -2.52. The lowest BCUT2D eigenvalue weighted by molar-refractivity contribution is 1.13. The van der Waals surface area contributed by atoms with E-state index in [0.29, 0.717) is 0 Å². The van der Waals surface area contributed by atoms with Crippen LogP contribution in [0.1, 0.15) is 0 Å². The number of thiophene rings is 1. The smallest absolute Gasteiger partial charge is 0.113 e. The molecule has 0 saturated carbocycles. The van der Waals surface area contributed by atoms with Gasteiger partial charge in [0.2, 0.25) is 0 Å². The second-order valence-electron chi connectivity index (χ2n) is 5.78. The fourth-order valence-electron chi connectivity index (χ4n) is 3.25. The highest BCUT2D eigenvalue weighted by molar-refractivity contribution is 7.25. The molecule has 2 radical (unpaired) electrons. The maximum absolute atomic E-state index is 5.89. The van der Waals surface area contributed by atoms with Gasteiger partial charge in [0.05, 0.1) is 5.52 Å². The van der Waals surface area contributed by atoms with Gasteiger partial charge in [0.15, 0.2) is 0 Å². The van der Waals surface area contributed by atoms with E-state index in [1.165, 1.54) is 36.8 Å². The lowest BCUT2D eigenvalue weighted by Gasteiger charge is -2.06. The lowest BCUT2D eigenvalue weighted by atomic mass is 9.95. The largest absolute Gasteiger partial charge is 0.317 e. The Labute approximate surface area is 139 Å². The molecule has 0 amide bonds. The summed E-state index contributed by atoms with van der Waals surface area (Å²) < 4.78 is 4.89. The van der Waals surface area contributed by atoms with Crippen LogP contribution in [0.5, 0.6) is 0 Å². The summed E-state index contributed by atoms with van der Waals surface area (Å²) in [6, 6.07) is 23.5. The zero-order valence-corrected chi connectivity index (χ0v) is 13.2. The first-order chi connectivity index (χ1) is 11.3. The summed E-state index contributed by atoms with van der Waals surface area (Å²) in [5, 5.41) is 3.82. The SMILES string of the molecule is [B]c1ccc2c(ccn2-c2ccc3sc4ccccc4c3c2)c1. The van der Waals surface area contributed by atoms with Gasteiger partial charge in [0.1, 0.15) is 7.85 Å². The van der Waals surface area contributed by atoms with E-state index < -0.39 is 0 Å². The third-order valence-corrected chi connectivity index (χ3v) is 5.50. The van der Waals surface area contributed by atoms with Crippen LogP contribution in [0.15, 0.2) is 72.9 Å². The van der Waals surface area contributed by atoms with Crippen LogP contribution in [0.4, 0.5) is 0 Å². The fraction of sp³-hybridized carbons (Fsp3) is 0. The molecule has 106 valence electrons. The summed E-state index contributed by atoms with van der Waals surface area (Å²) in [5.41, 5.74) is 3.16. The van der Waals surface area contributed by atoms with Crippen LogP contribution >= 0.6 is 11.3 Å². The maximum atomic E-state index is 5.89. The van der Waals surface area contributed by atoms with Crippen molar-refractivity contribution in [3.8, 4) is 5.69 Å². The molecule has 2 heterocycles. The first-order valence-electron chi connectivity index (χ1n) is 7.58. The highest BCUT2D eigenvalue weighted by atomic mass is 32.1. The van der Waals surface area contributed by atoms with Gasteiger partial charge in [0.25, 0.3) is 0 Å². The third kappa shape index (κ3) is 1.93. The highest BCUT2D eigenvalue weighted by Gasteiger charge is 2.08. The van der Waals surface area contributed by atoms with Crippen LogP contribution in [-0.4, -0.2) is 12.4 Å². The summed E-state index contributed by atoms with van der Waals surface area (Å²) in [6.07, 6.45) is 2.11. The van der Waals surface area contributed by atoms with E-state index in [1.807, 2.05) is 23.5 Å². The molecule has 5 aromatic rings. The van der Waals surface area contributed by atoms with Crippen molar-refractivity contribution >= 4 is 55.7 Å². The minimum Gasteiger partial charge on any atom is -0.317 e. The molecule has 2 aromatic heterocycles. The maximum Gasteiger partial charge on any atom is 0.113 e. The Bertz CT molecular complexity index is 1180. The van der Waals surface area contributed by atoms with Crippen molar-refractivity contribution in [2.45, 2.75) is 0 Å². The standard InChI is InChI=1S/C20H12BNS/c21-14-5-7-18-13(11-14)9-10-22(18)15-6-8-20-17(12-15)16-3-1-2-4-19(16)23-20/h1-12H. The van der Waals surface area contributed by atoms with Crippen molar-refractivity contribution in [1.29, 1.82) is 0 Å². The van der Waals surface area contributed by atoms with E-state index in [-0.39, 0.29) is 0 Å². The van der Waals surface area contributed by atoms with E-state index >= 15 is 0 Å². The number of fused-ring (bicyclic) bond motifs is 4. The summed E-state index contributed by atoms with van der Waals surface area (Å²) in [7, 11) is 5.89. The number of hydrogen-bond acceptors (Lipinski definition) is 1. The summed E-state index contributed by atoms with van der Waals surface area (Å²) in [6.45, 7) is 0. The van der Waals surface area contributed by atoms with Crippen molar-refractivity contribution in [2.24, 2.45) is 0 Å². The van der Waals surface area contributed by atoms with Gasteiger partial charge in [0, 0.05) is 32.1 Å². The van der Waals surface area contributed by atoms with E-state index in [0.717, 1.165) is 5.46 Å². The fourth-order valence-corrected chi connectivity index (χ4v) is 4.34. The molecule has 0 fully saturated rings. The molecule has 5 rings (SSSR count). The van der Waals surface area contributed by atoms with Gasteiger partial charge in [-0.15, -0.1) is 11.3 Å². The van der Waals surface area contributed by atoms with E-state index in [1.54, 1.807) is 0 Å². The van der Waals surface area contributed by atoms with Crippen LogP contribution in [0.3, 0.4) is 0 Å². The van der Waals surface area contributed by atoms with Crippen LogP contribution < -0.4 is 5.46 Å². The average Bonchev–Trinajstić information content (AvgIpc) is 3.14. The van der Waals surface area contributed by atoms with Gasteiger partial charge < -0.3 is 4.57 Å². The zero-order chi connectivity index (χ0) is 15.4. The Balaban J connectivity index is 1.80. The summed E-state index contributed by atoms with van der Waals surface area (Å²) in [4.78, 5) is 0. The van der Waals surface area contributed by atoms with Gasteiger partial charge in [-0.25, -0.2) is 0 Å². The minimum atomic E-state index is 0.800. The van der Waals surface area contributed by atoms with Gasteiger partial charge in [-0.1, -0.05) is 35.8 Å². The van der Waals surface area contributed by atoms with Crippen molar-refractivity contribution in [3.63, 3.8) is 0 Å². The molecule has 23 heavy (non-hydrogen) atoms. The van der Waals surface area contributed by atoms with Gasteiger partial charge in [-0.3, -0.25) is 0 Å². The highest BCUT2D eigenvalue weighted by Crippen LogP contribution is 2.35. The quantitative estimate of drug-likeness (QED) is 0.392. The van der Waals surface area contributed by atoms with Gasteiger partial charge in [-0.2, -0.15) is 0 Å². The van der Waals surface area contributed by atoms with Gasteiger partial charge in [-0.05, 0) is 41.8 Å². The monoisotopic (exact) mass is 309 g/mol. The van der Waals surface area contributed by atoms with Gasteiger partial charge >= 0.3 is 0 Å². The van der Waals surface area contributed by atoms with E-state index in [4.69, 9.17) is 7.85 Å². The van der Waals surface area contributed by atoms with Crippen molar-refractivity contribution in [1.82, 2.24) is 4.57 Å². The number of hydrogen-bond donors (Lipinski definition) is 0. The Morgan fingerprint density at radius 3 is 2.61 bits per heavy atom. The molecule has 3 heteroatoms.